The molecule has 8 nitrogen and oxygen atoms in total. The van der Waals surface area contributed by atoms with Gasteiger partial charge >= 0.3 is 4.87 Å². The lowest BCUT2D eigenvalue weighted by Gasteiger charge is -2.18. The molecule has 0 unspecified atom stereocenters. The second-order valence-corrected chi connectivity index (χ2v) is 11.6. The fourth-order valence-corrected chi connectivity index (χ4v) is 5.66. The lowest BCUT2D eigenvalue weighted by atomic mass is 10.0. The zero-order valence-corrected chi connectivity index (χ0v) is 24.9. The van der Waals surface area contributed by atoms with Crippen LogP contribution >= 0.6 is 47.2 Å². The summed E-state index contributed by atoms with van der Waals surface area (Å²) in [7, 11) is 1.98. The van der Waals surface area contributed by atoms with Crippen molar-refractivity contribution in [2.75, 3.05) is 26.7 Å². The van der Waals surface area contributed by atoms with Crippen molar-refractivity contribution in [2.24, 2.45) is 4.99 Å². The van der Waals surface area contributed by atoms with Gasteiger partial charge in [0.2, 0.25) is 0 Å². The minimum Gasteiger partial charge on any atom is -0.488 e. The highest BCUT2D eigenvalue weighted by molar-refractivity contribution is 7.84. The van der Waals surface area contributed by atoms with Gasteiger partial charge in [0.1, 0.15) is 17.4 Å². The largest absolute Gasteiger partial charge is 0.488 e. The molecule has 2 aromatic carbocycles. The number of likely N-dealkylation sites (N-methyl/N-ethyl adjacent to an activating group) is 1. The monoisotopic (exact) mass is 605 g/mol. The molecular formula is C27H29Cl2N5O3S2. The number of aromatic nitrogens is 2. The van der Waals surface area contributed by atoms with Crippen molar-refractivity contribution in [3.8, 4) is 5.75 Å². The Hall–Kier alpha value is -2.63. The first-order chi connectivity index (χ1) is 18.6. The number of thiol groups is 1. The number of hydrogen-bond acceptors (Lipinski definition) is 8. The Balaban J connectivity index is 1.37. The summed E-state index contributed by atoms with van der Waals surface area (Å²) in [6.45, 7) is 5.54. The van der Waals surface area contributed by atoms with E-state index >= 15 is 0 Å². The van der Waals surface area contributed by atoms with E-state index < -0.39 is 0 Å². The van der Waals surface area contributed by atoms with Crippen molar-refractivity contribution < 1.29 is 9.53 Å². The van der Waals surface area contributed by atoms with Crippen LogP contribution in [0.2, 0.25) is 10.0 Å². The molecular weight excluding hydrogens is 577 g/mol. The number of nitrogens with zero attached hydrogens (tertiary/aromatic N) is 3. The number of likely N-dealkylation sites (tertiary alicyclic amines) is 1. The van der Waals surface area contributed by atoms with Gasteiger partial charge in [0.15, 0.2) is 0 Å². The molecule has 1 aromatic heterocycles. The van der Waals surface area contributed by atoms with Gasteiger partial charge in [0.05, 0.1) is 21.8 Å². The molecule has 3 aromatic rings. The number of rotatable bonds is 9. The first kappa shape index (κ1) is 29.4. The maximum atomic E-state index is 12.9. The van der Waals surface area contributed by atoms with E-state index in [0.717, 1.165) is 34.9 Å². The van der Waals surface area contributed by atoms with Crippen LogP contribution in [0.4, 0.5) is 0 Å². The van der Waals surface area contributed by atoms with Gasteiger partial charge in [-0.3, -0.25) is 14.6 Å². The molecule has 206 valence electrons. The molecule has 39 heavy (non-hydrogen) atoms. The van der Waals surface area contributed by atoms with Crippen molar-refractivity contribution >= 4 is 58.8 Å². The van der Waals surface area contributed by atoms with Crippen molar-refractivity contribution in [1.29, 1.82) is 0 Å². The maximum absolute atomic E-state index is 12.9. The molecule has 1 saturated heterocycles. The van der Waals surface area contributed by atoms with Crippen molar-refractivity contribution in [3.05, 3.63) is 88.9 Å². The van der Waals surface area contributed by atoms with E-state index in [9.17, 15) is 9.59 Å². The molecule has 0 radical (unpaired) electrons. The third-order valence-electron chi connectivity index (χ3n) is 6.39. The Labute approximate surface area is 246 Å². The standard InChI is InChI=1S/C27H29Cl2N5O3S2/c1-4-22(30-15(2)17-7-10-20(28)21(29)11-17)24(38)14-37-18-8-5-16(6-9-18)25(35)31-23-13-34(3)12-19(23)26-32-33-27(36)39-26/h5-11,19,23,38H,4,12-14H2,1-3H3,(H,31,35)(H,33,36)/b24-22-,30-15?/t19-,23+/m0/s1. The molecule has 2 atom stereocenters. The van der Waals surface area contributed by atoms with Crippen LogP contribution in [-0.4, -0.2) is 59.5 Å². The molecule has 2 N–H and O–H groups in total. The summed E-state index contributed by atoms with van der Waals surface area (Å²) in [5, 5.41) is 11.4. The molecule has 12 heteroatoms. The van der Waals surface area contributed by atoms with Crippen LogP contribution in [-0.2, 0) is 0 Å². The predicted octanol–water partition coefficient (Wildman–Crippen LogP) is 5.41. The van der Waals surface area contributed by atoms with E-state index in [1.54, 1.807) is 36.4 Å². The van der Waals surface area contributed by atoms with E-state index in [0.29, 0.717) is 44.2 Å². The highest BCUT2D eigenvalue weighted by atomic mass is 35.5. The number of ether oxygens (including phenoxy) is 1. The molecule has 0 aliphatic carbocycles. The molecule has 0 spiro atoms. The lowest BCUT2D eigenvalue weighted by molar-refractivity contribution is 0.0935. The van der Waals surface area contributed by atoms with Gasteiger partial charge in [-0.05, 0) is 62.4 Å². The molecule has 0 saturated carbocycles. The Morgan fingerprint density at radius 1 is 1.21 bits per heavy atom. The van der Waals surface area contributed by atoms with Crippen LogP contribution in [0, 0.1) is 0 Å². The number of H-pyrrole nitrogens is 1. The molecule has 1 fully saturated rings. The van der Waals surface area contributed by atoms with Crippen LogP contribution in [0.3, 0.4) is 0 Å². The van der Waals surface area contributed by atoms with Gasteiger partial charge in [-0.2, -0.15) is 5.10 Å². The number of aromatic amines is 1. The molecule has 2 heterocycles. The summed E-state index contributed by atoms with van der Waals surface area (Å²) in [6.07, 6.45) is 0.673. The first-order valence-electron chi connectivity index (χ1n) is 12.3. The van der Waals surface area contributed by atoms with E-state index in [4.69, 9.17) is 32.9 Å². The third kappa shape index (κ3) is 7.52. The molecule has 1 amide bonds. The minimum atomic E-state index is -0.195. The SMILES string of the molecule is CC/C(N=C(C)c1ccc(Cl)c(Cl)c1)=C(/S)COc1ccc(C(=O)N[C@@H]2CN(C)C[C@@H]2c2n[nH]c(=O)s2)cc1. The first-order valence-corrected chi connectivity index (χ1v) is 14.4. The number of allylic oxidation sites excluding steroid dienone is 1. The highest BCUT2D eigenvalue weighted by Gasteiger charge is 2.35. The van der Waals surface area contributed by atoms with E-state index in [1.807, 2.05) is 27.0 Å². The fourth-order valence-electron chi connectivity index (χ4n) is 4.32. The van der Waals surface area contributed by atoms with Crippen molar-refractivity contribution in [3.63, 3.8) is 0 Å². The summed E-state index contributed by atoms with van der Waals surface area (Å²) < 4.78 is 5.91. The summed E-state index contributed by atoms with van der Waals surface area (Å²) in [5.74, 6) is 0.380. The van der Waals surface area contributed by atoms with Crippen LogP contribution < -0.4 is 14.9 Å². The number of aliphatic imine (C=N–C) groups is 1. The van der Waals surface area contributed by atoms with Gasteiger partial charge in [-0.15, -0.1) is 12.6 Å². The zero-order valence-electron chi connectivity index (χ0n) is 21.7. The van der Waals surface area contributed by atoms with E-state index in [-0.39, 0.29) is 29.3 Å². The van der Waals surface area contributed by atoms with E-state index in [1.165, 1.54) is 0 Å². The number of hydrogen-bond donors (Lipinski definition) is 3. The number of benzene rings is 2. The number of carbonyl (C=O) groups is 1. The summed E-state index contributed by atoms with van der Waals surface area (Å²) in [4.78, 5) is 31.8. The molecule has 4 rings (SSSR count). The summed E-state index contributed by atoms with van der Waals surface area (Å²) in [6, 6.07) is 12.2. The molecule has 1 aliphatic rings. The van der Waals surface area contributed by atoms with Crippen LogP contribution in [0.5, 0.6) is 5.75 Å². The highest BCUT2D eigenvalue weighted by Crippen LogP contribution is 2.27. The average Bonchev–Trinajstić information content (AvgIpc) is 3.51. The lowest BCUT2D eigenvalue weighted by Crippen LogP contribution is -2.39. The van der Waals surface area contributed by atoms with Gasteiger partial charge in [-0.25, -0.2) is 5.10 Å². The van der Waals surface area contributed by atoms with Gasteiger partial charge in [0, 0.05) is 35.2 Å². The number of halogens is 2. The summed E-state index contributed by atoms with van der Waals surface area (Å²) >= 11 is 17.9. The Morgan fingerprint density at radius 2 is 1.92 bits per heavy atom. The number of nitrogens with one attached hydrogen (secondary N) is 2. The Morgan fingerprint density at radius 3 is 2.56 bits per heavy atom. The van der Waals surface area contributed by atoms with Crippen LogP contribution in [0.15, 0.2) is 62.9 Å². The Kier molecular flexibility index (Phi) is 9.90. The fraction of sp³-hybridized carbons (Fsp3) is 0.333. The van der Waals surface area contributed by atoms with Crippen molar-refractivity contribution in [1.82, 2.24) is 20.4 Å². The quantitative estimate of drug-likeness (QED) is 0.224. The summed E-state index contributed by atoms with van der Waals surface area (Å²) in [5.41, 5.74) is 2.99. The molecule has 1 aliphatic heterocycles. The number of carbonyl (C=O) groups excluding carboxylic acids is 1. The van der Waals surface area contributed by atoms with Gasteiger partial charge in [-0.1, -0.05) is 47.5 Å². The van der Waals surface area contributed by atoms with Crippen LogP contribution in [0.25, 0.3) is 0 Å². The average molecular weight is 607 g/mol. The third-order valence-corrected chi connectivity index (χ3v) is 8.40. The van der Waals surface area contributed by atoms with Gasteiger partial charge in [0.25, 0.3) is 5.91 Å². The maximum Gasteiger partial charge on any atom is 0.322 e. The minimum absolute atomic E-state index is 0.0400. The Bertz CT molecular complexity index is 1450. The second kappa shape index (κ2) is 13.1. The zero-order chi connectivity index (χ0) is 28.1. The second-order valence-electron chi connectivity index (χ2n) is 9.25. The number of amides is 1. The molecule has 0 bridgehead atoms. The van der Waals surface area contributed by atoms with Crippen molar-refractivity contribution in [2.45, 2.75) is 32.2 Å². The van der Waals surface area contributed by atoms with Crippen LogP contribution in [0.1, 0.15) is 47.1 Å². The van der Waals surface area contributed by atoms with Gasteiger partial charge < -0.3 is 15.0 Å². The van der Waals surface area contributed by atoms with E-state index in [2.05, 4.69) is 33.0 Å². The smallest absolute Gasteiger partial charge is 0.322 e. The normalized spacial score (nSPS) is 18.7. The topological polar surface area (TPSA) is 99.7 Å². The predicted molar refractivity (Wildman–Crippen MR) is 161 cm³/mol.